The molecule has 0 bridgehead atoms. The molecular formula is C24H20N6OS. The maximum Gasteiger partial charge on any atom is 0.258 e. The van der Waals surface area contributed by atoms with Crippen molar-refractivity contribution >= 4 is 33.4 Å². The Bertz CT molecular complexity index is 1390. The predicted octanol–water partition coefficient (Wildman–Crippen LogP) is 5.45. The maximum absolute atomic E-state index is 13.3. The first-order valence-electron chi connectivity index (χ1n) is 10.2. The molecule has 5 rings (SSSR count). The minimum atomic E-state index is -0.250. The summed E-state index contributed by atoms with van der Waals surface area (Å²) in [5.41, 5.74) is 4.34. The van der Waals surface area contributed by atoms with Gasteiger partial charge in [-0.2, -0.15) is 5.10 Å². The lowest BCUT2D eigenvalue weighted by Gasteiger charge is -2.10. The number of amides is 1. The number of fused-ring (bicyclic) bond motifs is 1. The van der Waals surface area contributed by atoms with Gasteiger partial charge in [-0.1, -0.05) is 36.4 Å². The smallest absolute Gasteiger partial charge is 0.258 e. The van der Waals surface area contributed by atoms with Gasteiger partial charge in [0.1, 0.15) is 5.69 Å². The van der Waals surface area contributed by atoms with Gasteiger partial charge in [0.2, 0.25) is 0 Å². The summed E-state index contributed by atoms with van der Waals surface area (Å²) in [6, 6.07) is 17.4. The van der Waals surface area contributed by atoms with Crippen molar-refractivity contribution in [3.8, 4) is 22.6 Å². The highest BCUT2D eigenvalue weighted by Gasteiger charge is 2.19. The number of nitrogens with zero attached hydrogens (tertiary/aromatic N) is 5. The van der Waals surface area contributed by atoms with Gasteiger partial charge in [0.15, 0.2) is 10.8 Å². The van der Waals surface area contributed by atoms with E-state index in [1.54, 1.807) is 12.4 Å². The Balaban J connectivity index is 1.54. The molecule has 0 saturated heterocycles. The third-order valence-corrected chi connectivity index (χ3v) is 5.78. The van der Waals surface area contributed by atoms with E-state index >= 15 is 0 Å². The van der Waals surface area contributed by atoms with E-state index in [4.69, 9.17) is 4.98 Å². The zero-order valence-corrected chi connectivity index (χ0v) is 18.4. The summed E-state index contributed by atoms with van der Waals surface area (Å²) in [6.45, 7) is 4.08. The Labute approximate surface area is 188 Å². The van der Waals surface area contributed by atoms with E-state index in [2.05, 4.69) is 20.4 Å². The highest BCUT2D eigenvalue weighted by molar-refractivity contribution is 7.14. The molecule has 158 valence electrons. The number of pyridine rings is 2. The summed E-state index contributed by atoms with van der Waals surface area (Å²) < 4.78 is 1.83. The van der Waals surface area contributed by atoms with Crippen LogP contribution in [0.25, 0.3) is 33.7 Å². The molecule has 8 heteroatoms. The molecule has 7 nitrogen and oxygen atoms in total. The van der Waals surface area contributed by atoms with Crippen molar-refractivity contribution in [1.82, 2.24) is 24.7 Å². The number of rotatable bonds is 5. The van der Waals surface area contributed by atoms with Crippen molar-refractivity contribution in [3.05, 3.63) is 77.9 Å². The first-order chi connectivity index (χ1) is 15.6. The van der Waals surface area contributed by atoms with Crippen LogP contribution < -0.4 is 5.32 Å². The molecule has 0 aliphatic heterocycles. The van der Waals surface area contributed by atoms with E-state index in [1.165, 1.54) is 11.3 Å². The van der Waals surface area contributed by atoms with Gasteiger partial charge in [-0.25, -0.2) is 14.6 Å². The molecule has 0 aliphatic carbocycles. The minimum Gasteiger partial charge on any atom is -0.298 e. The Hall–Kier alpha value is -3.91. The summed E-state index contributed by atoms with van der Waals surface area (Å²) in [4.78, 5) is 27.0. The second kappa shape index (κ2) is 8.32. The van der Waals surface area contributed by atoms with E-state index in [9.17, 15) is 4.79 Å². The van der Waals surface area contributed by atoms with Gasteiger partial charge in [-0.15, -0.1) is 11.3 Å². The third-order valence-electron chi connectivity index (χ3n) is 5.02. The number of carbonyl (C=O) groups excluding carboxylic acids is 1. The Morgan fingerprint density at radius 1 is 1.00 bits per heavy atom. The van der Waals surface area contributed by atoms with Gasteiger partial charge in [0.05, 0.1) is 28.5 Å². The fraction of sp³-hybridized carbons (Fsp3) is 0.125. The highest BCUT2D eigenvalue weighted by atomic mass is 32.1. The Morgan fingerprint density at radius 3 is 2.56 bits per heavy atom. The molecule has 0 unspecified atom stereocenters. The van der Waals surface area contributed by atoms with Gasteiger partial charge in [-0.05, 0) is 32.0 Å². The average molecular weight is 441 g/mol. The van der Waals surface area contributed by atoms with Crippen molar-refractivity contribution in [2.75, 3.05) is 5.32 Å². The normalized spacial score (nSPS) is 11.2. The van der Waals surface area contributed by atoms with Crippen molar-refractivity contribution in [2.24, 2.45) is 0 Å². The number of hydrogen-bond donors (Lipinski definition) is 1. The molecule has 0 fully saturated rings. The number of thiazole rings is 1. The molecule has 0 atom stereocenters. The molecule has 0 saturated carbocycles. The van der Waals surface area contributed by atoms with E-state index in [0.717, 1.165) is 22.6 Å². The number of carbonyl (C=O) groups is 1. The molecule has 1 aromatic carbocycles. The summed E-state index contributed by atoms with van der Waals surface area (Å²) in [6.07, 6.45) is 3.42. The van der Waals surface area contributed by atoms with Crippen LogP contribution in [0.3, 0.4) is 0 Å². The molecule has 0 aliphatic rings. The minimum absolute atomic E-state index is 0.113. The van der Waals surface area contributed by atoms with Crippen LogP contribution >= 0.6 is 11.3 Å². The van der Waals surface area contributed by atoms with Gasteiger partial charge < -0.3 is 0 Å². The fourth-order valence-electron chi connectivity index (χ4n) is 3.47. The van der Waals surface area contributed by atoms with Crippen molar-refractivity contribution < 1.29 is 4.79 Å². The number of aromatic nitrogens is 5. The van der Waals surface area contributed by atoms with Gasteiger partial charge in [0.25, 0.3) is 5.91 Å². The van der Waals surface area contributed by atoms with Crippen LogP contribution in [-0.2, 0) is 0 Å². The Morgan fingerprint density at radius 2 is 1.81 bits per heavy atom. The van der Waals surface area contributed by atoms with Crippen LogP contribution in [0.15, 0.2) is 72.4 Å². The Kier molecular flexibility index (Phi) is 5.20. The SMILES string of the molecule is CC(C)n1ncc2c(C(=O)Nc3nc(-c4ccccn4)cs3)cc(-c3ccccc3)nc21. The summed E-state index contributed by atoms with van der Waals surface area (Å²) in [7, 11) is 0. The summed E-state index contributed by atoms with van der Waals surface area (Å²) >= 11 is 1.36. The van der Waals surface area contributed by atoms with Gasteiger partial charge >= 0.3 is 0 Å². The van der Waals surface area contributed by atoms with Gasteiger partial charge in [0, 0.05) is 23.2 Å². The zero-order valence-electron chi connectivity index (χ0n) is 17.6. The summed E-state index contributed by atoms with van der Waals surface area (Å²) in [5, 5.41) is 10.5. The topological polar surface area (TPSA) is 85.6 Å². The van der Waals surface area contributed by atoms with Crippen LogP contribution in [0, 0.1) is 0 Å². The molecule has 4 heterocycles. The molecule has 5 aromatic rings. The monoisotopic (exact) mass is 440 g/mol. The highest BCUT2D eigenvalue weighted by Crippen LogP contribution is 2.28. The molecule has 1 N–H and O–H groups in total. The van der Waals surface area contributed by atoms with Crippen molar-refractivity contribution in [2.45, 2.75) is 19.9 Å². The van der Waals surface area contributed by atoms with Crippen molar-refractivity contribution in [3.63, 3.8) is 0 Å². The maximum atomic E-state index is 13.3. The van der Waals surface area contributed by atoms with E-state index < -0.39 is 0 Å². The van der Waals surface area contributed by atoms with Crippen LogP contribution in [0.1, 0.15) is 30.2 Å². The number of anilines is 1. The second-order valence-electron chi connectivity index (χ2n) is 7.55. The first kappa shape index (κ1) is 20.0. The van der Waals surface area contributed by atoms with Gasteiger partial charge in [-0.3, -0.25) is 15.1 Å². The second-order valence-corrected chi connectivity index (χ2v) is 8.41. The van der Waals surface area contributed by atoms with E-state index in [1.807, 2.05) is 78.5 Å². The quantitative estimate of drug-likeness (QED) is 0.393. The van der Waals surface area contributed by atoms with E-state index in [0.29, 0.717) is 21.7 Å². The number of nitrogens with one attached hydrogen (secondary N) is 1. The number of hydrogen-bond acceptors (Lipinski definition) is 6. The fourth-order valence-corrected chi connectivity index (χ4v) is 4.17. The van der Waals surface area contributed by atoms with Crippen LogP contribution in [-0.4, -0.2) is 30.6 Å². The lowest BCUT2D eigenvalue weighted by Crippen LogP contribution is -2.13. The summed E-state index contributed by atoms with van der Waals surface area (Å²) in [5.74, 6) is -0.250. The third kappa shape index (κ3) is 3.76. The lowest BCUT2D eigenvalue weighted by molar-refractivity contribution is 0.102. The zero-order chi connectivity index (χ0) is 22.1. The predicted molar refractivity (Wildman–Crippen MR) is 127 cm³/mol. The van der Waals surface area contributed by atoms with Crippen LogP contribution in [0.5, 0.6) is 0 Å². The molecule has 32 heavy (non-hydrogen) atoms. The van der Waals surface area contributed by atoms with E-state index in [-0.39, 0.29) is 11.9 Å². The molecular weight excluding hydrogens is 420 g/mol. The number of benzene rings is 1. The first-order valence-corrected chi connectivity index (χ1v) is 11.1. The largest absolute Gasteiger partial charge is 0.298 e. The van der Waals surface area contributed by atoms with Crippen LogP contribution in [0.4, 0.5) is 5.13 Å². The molecule has 0 spiro atoms. The van der Waals surface area contributed by atoms with Crippen molar-refractivity contribution in [1.29, 1.82) is 0 Å². The molecule has 4 aromatic heterocycles. The molecule has 0 radical (unpaired) electrons. The molecule has 1 amide bonds. The standard InChI is InChI=1S/C24H20N6OS/c1-15(2)30-22-18(13-26-30)17(12-20(27-22)16-8-4-3-5-9-16)23(31)29-24-28-21(14-32-24)19-10-6-7-11-25-19/h3-15H,1-2H3,(H,28,29,31). The average Bonchev–Trinajstić information content (AvgIpc) is 3.47. The lowest BCUT2D eigenvalue weighted by atomic mass is 10.1. The van der Waals surface area contributed by atoms with Crippen LogP contribution in [0.2, 0.25) is 0 Å².